The van der Waals surface area contributed by atoms with Gasteiger partial charge in [-0.15, -0.1) is 0 Å². The standard InChI is InChI=1S/C40H45N4O5S.CHF3O3S/c1-40(2,3)41-38-35-31-21-26-9-7-19-42-20-8-10-30(33(26)42)36(31)49-23-27(22-32(45)48-6)43(35)39-44(38)34(24-11-15-28(46-4)16-12-24)37(50-39)25-13-17-29(47-5)18-14-25;2-1(3,4)8(5,6)7/h11-18,21,27,41H,7-10,19-20,22-23H2,1-6H3;(H,5,6,7)/q+1;/p-1. The Labute approximate surface area is 338 Å². The summed E-state index contributed by atoms with van der Waals surface area (Å²) in [6, 6.07) is 18.6. The number of fused-ring (bicyclic) bond motifs is 6. The molecule has 2 aromatic heterocycles. The van der Waals surface area contributed by atoms with Crippen LogP contribution in [0.4, 0.5) is 24.7 Å². The van der Waals surface area contributed by atoms with Crippen molar-refractivity contribution in [1.29, 1.82) is 0 Å². The average molecular weight is 843 g/mol. The smallest absolute Gasteiger partial charge is 0.485 e. The first-order chi connectivity index (χ1) is 27.4. The van der Waals surface area contributed by atoms with Crippen molar-refractivity contribution >= 4 is 43.9 Å². The Balaban J connectivity index is 0.000000581. The molecule has 5 aromatic rings. The minimum Gasteiger partial charge on any atom is -0.741 e. The van der Waals surface area contributed by atoms with Crippen molar-refractivity contribution in [3.63, 3.8) is 0 Å². The van der Waals surface area contributed by atoms with Gasteiger partial charge in [0, 0.05) is 35.4 Å². The SMILES string of the molecule is COC(=O)CC1COc2c(cc3c4c2CCCN4CCC3)-c2c(NC(C)(C)C)n3c(-c4ccc(OC)cc4)c(-c4ccc(OC)cc4)sc3[n+]21.O=S(=O)([O-])C(F)(F)F. The maximum Gasteiger partial charge on any atom is 0.485 e. The lowest BCUT2D eigenvalue weighted by Crippen LogP contribution is -2.43. The predicted octanol–water partition coefficient (Wildman–Crippen LogP) is 7.76. The Morgan fingerprint density at radius 1 is 0.966 bits per heavy atom. The van der Waals surface area contributed by atoms with Crippen LogP contribution in [0.1, 0.15) is 57.2 Å². The minimum absolute atomic E-state index is 0.186. The molecule has 0 spiro atoms. The molecule has 0 bridgehead atoms. The number of imidazole rings is 1. The highest BCUT2D eigenvalue weighted by Gasteiger charge is 2.44. The molecule has 3 aromatic carbocycles. The summed E-state index contributed by atoms with van der Waals surface area (Å²) in [5, 5.41) is 3.97. The molecule has 58 heavy (non-hydrogen) atoms. The third kappa shape index (κ3) is 7.78. The van der Waals surface area contributed by atoms with E-state index in [2.05, 4.69) is 70.3 Å². The van der Waals surface area contributed by atoms with Crippen molar-refractivity contribution in [2.24, 2.45) is 0 Å². The number of carbonyl (C=O) groups is 1. The number of esters is 1. The topological polar surface area (TPSA) is 135 Å². The fourth-order valence-electron chi connectivity index (χ4n) is 7.93. The van der Waals surface area contributed by atoms with Gasteiger partial charge in [0.25, 0.3) is 0 Å². The molecular weight excluding hydrogens is 798 g/mol. The quantitative estimate of drug-likeness (QED) is 0.0750. The maximum atomic E-state index is 13.1. The van der Waals surface area contributed by atoms with Gasteiger partial charge in [0.15, 0.2) is 15.8 Å². The van der Waals surface area contributed by atoms with Crippen LogP contribution in [-0.2, 0) is 32.5 Å². The van der Waals surface area contributed by atoms with Crippen molar-refractivity contribution in [3.8, 4) is 50.2 Å². The molecule has 5 heterocycles. The predicted molar refractivity (Wildman–Crippen MR) is 214 cm³/mol. The lowest BCUT2D eigenvalue weighted by molar-refractivity contribution is -0.684. The van der Waals surface area contributed by atoms with Gasteiger partial charge in [0.05, 0.1) is 38.2 Å². The molecule has 8 rings (SSSR count). The molecule has 3 aliphatic rings. The summed E-state index contributed by atoms with van der Waals surface area (Å²) in [7, 11) is -1.25. The zero-order valence-corrected chi connectivity index (χ0v) is 34.6. The summed E-state index contributed by atoms with van der Waals surface area (Å²) in [4.78, 5) is 17.8. The molecule has 1 atom stereocenters. The van der Waals surface area contributed by atoms with Crippen LogP contribution in [0.2, 0.25) is 0 Å². The number of anilines is 2. The number of hydrogen-bond donors (Lipinski definition) is 1. The van der Waals surface area contributed by atoms with E-state index in [0.717, 1.165) is 99.8 Å². The zero-order chi connectivity index (χ0) is 41.7. The molecule has 12 nitrogen and oxygen atoms in total. The van der Waals surface area contributed by atoms with Crippen LogP contribution in [-0.4, -0.2) is 75.4 Å². The van der Waals surface area contributed by atoms with Gasteiger partial charge < -0.3 is 33.7 Å². The molecule has 0 saturated heterocycles. The van der Waals surface area contributed by atoms with Crippen molar-refractivity contribution in [1.82, 2.24) is 4.40 Å². The highest BCUT2D eigenvalue weighted by Crippen LogP contribution is 2.51. The second kappa shape index (κ2) is 15.6. The van der Waals surface area contributed by atoms with Crippen LogP contribution in [0.15, 0.2) is 54.6 Å². The van der Waals surface area contributed by atoms with E-state index in [1.54, 1.807) is 25.6 Å². The number of aryl methyl sites for hydroxylation is 1. The first kappa shape index (κ1) is 41.2. The van der Waals surface area contributed by atoms with Gasteiger partial charge >= 0.3 is 16.4 Å². The van der Waals surface area contributed by atoms with Gasteiger partial charge in [-0.2, -0.15) is 17.6 Å². The summed E-state index contributed by atoms with van der Waals surface area (Å²) in [6.45, 7) is 9.11. The third-order valence-corrected chi connectivity index (χ3v) is 12.1. The van der Waals surface area contributed by atoms with Crippen LogP contribution in [0.3, 0.4) is 0 Å². The van der Waals surface area contributed by atoms with Gasteiger partial charge in [0.2, 0.25) is 11.5 Å². The van der Waals surface area contributed by atoms with Gasteiger partial charge in [-0.3, -0.25) is 4.79 Å². The normalized spacial score (nSPS) is 16.2. The summed E-state index contributed by atoms with van der Waals surface area (Å²) in [6.07, 6.45) is 4.45. The molecule has 0 amide bonds. The van der Waals surface area contributed by atoms with Crippen LogP contribution < -0.4 is 29.0 Å². The van der Waals surface area contributed by atoms with E-state index in [1.165, 1.54) is 23.9 Å². The van der Waals surface area contributed by atoms with Crippen LogP contribution in [0.25, 0.3) is 37.9 Å². The monoisotopic (exact) mass is 842 g/mol. The number of ether oxygens (including phenoxy) is 4. The van der Waals surface area contributed by atoms with Crippen molar-refractivity contribution in [2.75, 3.05) is 51.2 Å². The molecule has 0 aliphatic carbocycles. The van der Waals surface area contributed by atoms with E-state index < -0.39 is 15.6 Å². The Bertz CT molecular complexity index is 2450. The van der Waals surface area contributed by atoms with E-state index in [-0.39, 0.29) is 24.0 Å². The number of alkyl halides is 3. The molecule has 3 aliphatic heterocycles. The lowest BCUT2D eigenvalue weighted by atomic mass is 9.88. The summed E-state index contributed by atoms with van der Waals surface area (Å²) in [5.41, 5.74) is 3.46. The van der Waals surface area contributed by atoms with E-state index >= 15 is 0 Å². The van der Waals surface area contributed by atoms with E-state index in [0.29, 0.717) is 6.61 Å². The Hall–Kier alpha value is -5.00. The first-order valence-electron chi connectivity index (χ1n) is 18.8. The number of halogens is 3. The molecule has 0 saturated carbocycles. The number of carbonyl (C=O) groups excluding carboxylic acids is 1. The molecular formula is C41H45F3N4O8S2. The van der Waals surface area contributed by atoms with E-state index in [9.17, 15) is 18.0 Å². The zero-order valence-electron chi connectivity index (χ0n) is 33.0. The van der Waals surface area contributed by atoms with E-state index in [1.807, 2.05) is 24.3 Å². The number of methoxy groups -OCH3 is 3. The van der Waals surface area contributed by atoms with E-state index in [4.69, 9.17) is 31.9 Å². The lowest BCUT2D eigenvalue weighted by Gasteiger charge is -2.38. The number of aromatic nitrogens is 2. The molecule has 310 valence electrons. The summed E-state index contributed by atoms with van der Waals surface area (Å²) in [5.74, 6) is 3.27. The second-order valence-corrected chi connectivity index (χ2v) is 17.7. The number of nitrogens with one attached hydrogen (secondary N) is 1. The van der Waals surface area contributed by atoms with Gasteiger partial charge in [-0.05, 0) is 124 Å². The number of benzene rings is 3. The van der Waals surface area contributed by atoms with Crippen LogP contribution in [0.5, 0.6) is 17.2 Å². The highest BCUT2D eigenvalue weighted by atomic mass is 32.2. The molecule has 17 heteroatoms. The molecule has 1 unspecified atom stereocenters. The van der Waals surface area contributed by atoms with Gasteiger partial charge in [-0.1, -0.05) is 0 Å². The fraction of sp³-hybridized carbons (Fsp3) is 0.415. The summed E-state index contributed by atoms with van der Waals surface area (Å²) >= 11 is 1.73. The summed E-state index contributed by atoms with van der Waals surface area (Å²) < 4.78 is 86.9. The Morgan fingerprint density at radius 2 is 1.55 bits per heavy atom. The highest BCUT2D eigenvalue weighted by molar-refractivity contribution is 7.86. The average Bonchev–Trinajstić information content (AvgIpc) is 3.65. The molecule has 0 radical (unpaired) electrons. The third-order valence-electron chi connectivity index (χ3n) is 10.4. The van der Waals surface area contributed by atoms with Crippen molar-refractivity contribution < 1.29 is 54.5 Å². The van der Waals surface area contributed by atoms with Crippen LogP contribution in [0, 0.1) is 0 Å². The largest absolute Gasteiger partial charge is 0.741 e. The molecule has 1 N–H and O–H groups in total. The Morgan fingerprint density at radius 3 is 2.10 bits per heavy atom. The molecule has 0 fully saturated rings. The van der Waals surface area contributed by atoms with Crippen molar-refractivity contribution in [2.45, 2.75) is 70.0 Å². The van der Waals surface area contributed by atoms with Crippen LogP contribution >= 0.6 is 11.3 Å². The van der Waals surface area contributed by atoms with Gasteiger partial charge in [0.1, 0.15) is 29.9 Å². The minimum atomic E-state index is -6.09. The number of rotatable bonds is 7. The number of thiazole rings is 1. The fourth-order valence-corrected chi connectivity index (χ4v) is 9.28. The first-order valence-corrected chi connectivity index (χ1v) is 21.0. The Kier molecular flexibility index (Phi) is 11.1. The number of hydrogen-bond acceptors (Lipinski definition) is 11. The second-order valence-electron chi connectivity index (χ2n) is 15.4. The maximum absolute atomic E-state index is 13.1. The van der Waals surface area contributed by atoms with Gasteiger partial charge in [-0.25, -0.2) is 13.0 Å². The number of nitrogens with zero attached hydrogens (tertiary/aromatic N) is 3. The van der Waals surface area contributed by atoms with Crippen molar-refractivity contribution in [3.05, 3.63) is 65.7 Å².